The number of ether oxygens (including phenoxy) is 1. The zero-order valence-electron chi connectivity index (χ0n) is 14.7. The van der Waals surface area contributed by atoms with Crippen LogP contribution in [-0.2, 0) is 0 Å². The summed E-state index contributed by atoms with van der Waals surface area (Å²) < 4.78 is 6.15. The lowest BCUT2D eigenvalue weighted by Crippen LogP contribution is -2.47. The van der Waals surface area contributed by atoms with Crippen LogP contribution in [0.3, 0.4) is 0 Å². The van der Waals surface area contributed by atoms with Gasteiger partial charge in [-0.2, -0.15) is 0 Å². The standard InChI is InChI=1S/C20H25N3O2/c1-20(2,18-4-3-11-23-18)25-15-8-5-13(6-9-15)19(24)14-7-10-16(21)17(22)12-14/h5-10,12,18,23H,3-4,11,21-22H2,1-2H3. The normalized spacial score (nSPS) is 17.4. The van der Waals surface area contributed by atoms with E-state index >= 15 is 0 Å². The molecule has 0 aromatic heterocycles. The fourth-order valence-corrected chi connectivity index (χ4v) is 3.21. The van der Waals surface area contributed by atoms with Crippen molar-refractivity contribution in [3.05, 3.63) is 53.6 Å². The molecule has 0 saturated carbocycles. The van der Waals surface area contributed by atoms with Crippen LogP contribution in [0.4, 0.5) is 11.4 Å². The maximum absolute atomic E-state index is 12.6. The minimum absolute atomic E-state index is 0.0880. The Hall–Kier alpha value is -2.53. The Morgan fingerprint density at radius 3 is 2.36 bits per heavy atom. The van der Waals surface area contributed by atoms with Gasteiger partial charge in [0.15, 0.2) is 5.78 Å². The molecule has 0 radical (unpaired) electrons. The molecule has 3 rings (SSSR count). The Kier molecular flexibility index (Phi) is 4.68. The fraction of sp³-hybridized carbons (Fsp3) is 0.350. The second kappa shape index (κ2) is 6.76. The summed E-state index contributed by atoms with van der Waals surface area (Å²) in [5.41, 5.74) is 13.2. The van der Waals surface area contributed by atoms with Crippen molar-refractivity contribution in [2.24, 2.45) is 0 Å². The van der Waals surface area contributed by atoms with Crippen molar-refractivity contribution in [1.29, 1.82) is 0 Å². The van der Waals surface area contributed by atoms with Crippen LogP contribution in [0.2, 0.25) is 0 Å². The first-order valence-electron chi connectivity index (χ1n) is 8.59. The zero-order valence-corrected chi connectivity index (χ0v) is 14.7. The molecule has 25 heavy (non-hydrogen) atoms. The lowest BCUT2D eigenvalue weighted by atomic mass is 9.97. The molecular formula is C20H25N3O2. The number of hydrogen-bond acceptors (Lipinski definition) is 5. The van der Waals surface area contributed by atoms with Gasteiger partial charge in [0, 0.05) is 17.2 Å². The summed E-state index contributed by atoms with van der Waals surface area (Å²) in [4.78, 5) is 12.6. The molecular weight excluding hydrogens is 314 g/mol. The number of anilines is 2. The minimum Gasteiger partial charge on any atom is -0.486 e. The average Bonchev–Trinajstić information content (AvgIpc) is 3.13. The first-order chi connectivity index (χ1) is 11.9. The highest BCUT2D eigenvalue weighted by Gasteiger charge is 2.33. The van der Waals surface area contributed by atoms with Crippen molar-refractivity contribution >= 4 is 17.2 Å². The van der Waals surface area contributed by atoms with E-state index in [4.69, 9.17) is 16.2 Å². The molecule has 5 heteroatoms. The number of benzene rings is 2. The average molecular weight is 339 g/mol. The number of nitrogens with two attached hydrogens (primary N) is 2. The molecule has 1 unspecified atom stereocenters. The summed E-state index contributed by atoms with van der Waals surface area (Å²) in [6.07, 6.45) is 2.29. The summed E-state index contributed by atoms with van der Waals surface area (Å²) in [6, 6.07) is 12.5. The van der Waals surface area contributed by atoms with Gasteiger partial charge in [-0.15, -0.1) is 0 Å². The molecule has 2 aromatic rings. The molecule has 0 amide bonds. The summed E-state index contributed by atoms with van der Waals surface area (Å²) in [7, 11) is 0. The third-order valence-electron chi connectivity index (χ3n) is 4.75. The highest BCUT2D eigenvalue weighted by atomic mass is 16.5. The summed E-state index contributed by atoms with van der Waals surface area (Å²) in [5.74, 6) is 0.669. The van der Waals surface area contributed by atoms with Crippen LogP contribution in [-0.4, -0.2) is 24.0 Å². The van der Waals surface area contributed by atoms with Crippen LogP contribution in [0.25, 0.3) is 0 Å². The minimum atomic E-state index is -0.298. The smallest absolute Gasteiger partial charge is 0.193 e. The van der Waals surface area contributed by atoms with Gasteiger partial charge in [0.25, 0.3) is 0 Å². The monoisotopic (exact) mass is 339 g/mol. The van der Waals surface area contributed by atoms with Crippen molar-refractivity contribution in [2.45, 2.75) is 38.3 Å². The molecule has 1 heterocycles. The van der Waals surface area contributed by atoms with Crippen LogP contribution in [0, 0.1) is 0 Å². The lowest BCUT2D eigenvalue weighted by Gasteiger charge is -2.32. The number of nitrogen functional groups attached to an aromatic ring is 2. The third-order valence-corrected chi connectivity index (χ3v) is 4.75. The van der Waals surface area contributed by atoms with Gasteiger partial charge < -0.3 is 21.5 Å². The fourth-order valence-electron chi connectivity index (χ4n) is 3.21. The van der Waals surface area contributed by atoms with E-state index in [1.807, 2.05) is 12.1 Å². The molecule has 1 aliphatic heterocycles. The highest BCUT2D eigenvalue weighted by molar-refractivity contribution is 6.09. The molecule has 1 fully saturated rings. The topological polar surface area (TPSA) is 90.4 Å². The van der Waals surface area contributed by atoms with Gasteiger partial charge in [0.05, 0.1) is 11.4 Å². The van der Waals surface area contributed by atoms with Gasteiger partial charge in [0.2, 0.25) is 0 Å². The zero-order chi connectivity index (χ0) is 18.0. The van der Waals surface area contributed by atoms with Crippen LogP contribution in [0.1, 0.15) is 42.6 Å². The van der Waals surface area contributed by atoms with E-state index < -0.39 is 0 Å². The molecule has 0 bridgehead atoms. The first kappa shape index (κ1) is 17.3. The molecule has 5 N–H and O–H groups in total. The number of carbonyl (C=O) groups excluding carboxylic acids is 1. The van der Waals surface area contributed by atoms with E-state index in [2.05, 4.69) is 19.2 Å². The Balaban J connectivity index is 1.73. The molecule has 0 spiro atoms. The van der Waals surface area contributed by atoms with Gasteiger partial charge in [-0.1, -0.05) is 0 Å². The van der Waals surface area contributed by atoms with Gasteiger partial charge in [-0.05, 0) is 75.7 Å². The van der Waals surface area contributed by atoms with E-state index in [-0.39, 0.29) is 11.4 Å². The molecule has 5 nitrogen and oxygen atoms in total. The SMILES string of the molecule is CC(C)(Oc1ccc(C(=O)c2ccc(N)c(N)c2)cc1)C1CCCN1. The molecule has 132 valence electrons. The number of carbonyl (C=O) groups is 1. The number of hydrogen-bond donors (Lipinski definition) is 3. The van der Waals surface area contributed by atoms with E-state index in [1.54, 1.807) is 30.3 Å². The number of nitrogens with one attached hydrogen (secondary N) is 1. The van der Waals surface area contributed by atoms with Gasteiger partial charge in [0.1, 0.15) is 11.4 Å². The highest BCUT2D eigenvalue weighted by Crippen LogP contribution is 2.26. The number of ketones is 1. The third kappa shape index (κ3) is 3.77. The van der Waals surface area contributed by atoms with Crippen molar-refractivity contribution < 1.29 is 9.53 Å². The second-order valence-corrected chi connectivity index (χ2v) is 7.05. The molecule has 1 aliphatic rings. The van der Waals surface area contributed by atoms with Crippen LogP contribution in [0.5, 0.6) is 5.75 Å². The summed E-state index contributed by atoms with van der Waals surface area (Å²) >= 11 is 0. The van der Waals surface area contributed by atoms with Gasteiger partial charge in [-0.25, -0.2) is 0 Å². The van der Waals surface area contributed by atoms with Crippen LogP contribution < -0.4 is 21.5 Å². The van der Waals surface area contributed by atoms with Crippen molar-refractivity contribution in [1.82, 2.24) is 5.32 Å². The molecule has 2 aromatic carbocycles. The Morgan fingerprint density at radius 2 is 1.76 bits per heavy atom. The lowest BCUT2D eigenvalue weighted by molar-refractivity contribution is 0.0719. The largest absolute Gasteiger partial charge is 0.486 e. The summed E-state index contributed by atoms with van der Waals surface area (Å²) in [6.45, 7) is 5.22. The Bertz CT molecular complexity index is 763. The predicted molar refractivity (Wildman–Crippen MR) is 101 cm³/mol. The quantitative estimate of drug-likeness (QED) is 0.575. The summed E-state index contributed by atoms with van der Waals surface area (Å²) in [5, 5.41) is 3.48. The molecule has 1 atom stereocenters. The van der Waals surface area contributed by atoms with Crippen molar-refractivity contribution in [3.63, 3.8) is 0 Å². The van der Waals surface area contributed by atoms with E-state index in [1.165, 1.54) is 6.42 Å². The maximum atomic E-state index is 12.6. The maximum Gasteiger partial charge on any atom is 0.193 e. The van der Waals surface area contributed by atoms with E-state index in [0.29, 0.717) is 28.5 Å². The van der Waals surface area contributed by atoms with Crippen molar-refractivity contribution in [2.75, 3.05) is 18.0 Å². The van der Waals surface area contributed by atoms with Crippen LogP contribution >= 0.6 is 0 Å². The first-order valence-corrected chi connectivity index (χ1v) is 8.59. The Morgan fingerprint density at radius 1 is 1.08 bits per heavy atom. The molecule has 1 saturated heterocycles. The van der Waals surface area contributed by atoms with Crippen molar-refractivity contribution in [3.8, 4) is 5.75 Å². The molecule has 0 aliphatic carbocycles. The van der Waals surface area contributed by atoms with E-state index in [9.17, 15) is 4.79 Å². The second-order valence-electron chi connectivity index (χ2n) is 7.05. The van der Waals surface area contributed by atoms with Crippen LogP contribution in [0.15, 0.2) is 42.5 Å². The van der Waals surface area contributed by atoms with Gasteiger partial charge >= 0.3 is 0 Å². The van der Waals surface area contributed by atoms with E-state index in [0.717, 1.165) is 18.7 Å². The number of rotatable bonds is 5. The predicted octanol–water partition coefficient (Wildman–Crippen LogP) is 2.99. The van der Waals surface area contributed by atoms with Gasteiger partial charge in [-0.3, -0.25) is 4.79 Å². The Labute approximate surface area is 148 Å².